The van der Waals surface area contributed by atoms with E-state index < -0.39 is 5.97 Å². The molecule has 1 aromatic rings. The van der Waals surface area contributed by atoms with Crippen molar-refractivity contribution in [2.75, 3.05) is 0 Å². The minimum Gasteiger partial charge on any atom is -0.481 e. The van der Waals surface area contributed by atoms with E-state index in [1.165, 1.54) is 0 Å². The van der Waals surface area contributed by atoms with Gasteiger partial charge in [-0.15, -0.1) is 10.2 Å². The quantitative estimate of drug-likeness (QED) is 0.783. The SMILES string of the molecule is CC(NC(=O)CCC(=O)O)c1nnc2n1CCC2. The third-order valence-electron chi connectivity index (χ3n) is 2.97. The first-order valence-corrected chi connectivity index (χ1v) is 6.01. The average molecular weight is 252 g/mol. The maximum Gasteiger partial charge on any atom is 0.303 e. The zero-order valence-electron chi connectivity index (χ0n) is 10.2. The number of hydrogen-bond donors (Lipinski definition) is 2. The van der Waals surface area contributed by atoms with Crippen LogP contribution in [0.15, 0.2) is 0 Å². The van der Waals surface area contributed by atoms with Crippen LogP contribution in [0.2, 0.25) is 0 Å². The summed E-state index contributed by atoms with van der Waals surface area (Å²) in [5, 5.41) is 19.4. The van der Waals surface area contributed by atoms with Crippen LogP contribution < -0.4 is 5.32 Å². The van der Waals surface area contributed by atoms with Crippen LogP contribution in [0, 0.1) is 0 Å². The Morgan fingerprint density at radius 2 is 2.22 bits per heavy atom. The molecule has 0 saturated heterocycles. The number of aliphatic carboxylic acids is 1. The molecule has 0 aliphatic carbocycles. The van der Waals surface area contributed by atoms with Gasteiger partial charge in [-0.2, -0.15) is 0 Å². The van der Waals surface area contributed by atoms with Crippen LogP contribution in [0.1, 0.15) is 43.9 Å². The number of carbonyl (C=O) groups excluding carboxylic acids is 1. The number of amides is 1. The van der Waals surface area contributed by atoms with Gasteiger partial charge in [0.2, 0.25) is 5.91 Å². The largest absolute Gasteiger partial charge is 0.481 e. The van der Waals surface area contributed by atoms with Crippen molar-refractivity contribution in [3.05, 3.63) is 11.6 Å². The van der Waals surface area contributed by atoms with Gasteiger partial charge in [0.1, 0.15) is 5.82 Å². The summed E-state index contributed by atoms with van der Waals surface area (Å²) in [5.41, 5.74) is 0. The van der Waals surface area contributed by atoms with Gasteiger partial charge in [-0.1, -0.05) is 0 Å². The van der Waals surface area contributed by atoms with Gasteiger partial charge >= 0.3 is 5.97 Å². The summed E-state index contributed by atoms with van der Waals surface area (Å²) >= 11 is 0. The molecule has 2 N–H and O–H groups in total. The molecular weight excluding hydrogens is 236 g/mol. The lowest BCUT2D eigenvalue weighted by atomic mass is 10.2. The average Bonchev–Trinajstić information content (AvgIpc) is 2.87. The van der Waals surface area contributed by atoms with E-state index in [1.54, 1.807) is 0 Å². The summed E-state index contributed by atoms with van der Waals surface area (Å²) in [6.45, 7) is 2.71. The number of carbonyl (C=O) groups is 2. The Hall–Kier alpha value is -1.92. The van der Waals surface area contributed by atoms with Crippen molar-refractivity contribution in [2.24, 2.45) is 0 Å². The molecule has 0 bridgehead atoms. The summed E-state index contributed by atoms with van der Waals surface area (Å²) in [7, 11) is 0. The smallest absolute Gasteiger partial charge is 0.303 e. The van der Waals surface area contributed by atoms with Gasteiger partial charge in [-0.05, 0) is 13.3 Å². The molecule has 1 unspecified atom stereocenters. The molecule has 1 atom stereocenters. The molecular formula is C11H16N4O3. The van der Waals surface area contributed by atoms with Crippen molar-refractivity contribution in [1.29, 1.82) is 0 Å². The Bertz CT molecular complexity index is 469. The molecule has 1 aliphatic heterocycles. The van der Waals surface area contributed by atoms with Gasteiger partial charge in [0.25, 0.3) is 0 Å². The van der Waals surface area contributed by atoms with E-state index in [0.29, 0.717) is 0 Å². The highest BCUT2D eigenvalue weighted by Crippen LogP contribution is 2.18. The molecule has 1 aromatic heterocycles. The molecule has 2 heterocycles. The number of carboxylic acid groups (broad SMARTS) is 1. The molecule has 1 aliphatic rings. The Morgan fingerprint density at radius 3 is 2.94 bits per heavy atom. The zero-order valence-corrected chi connectivity index (χ0v) is 10.2. The Kier molecular flexibility index (Phi) is 3.59. The lowest BCUT2D eigenvalue weighted by molar-refractivity contribution is -0.138. The third-order valence-corrected chi connectivity index (χ3v) is 2.97. The molecule has 18 heavy (non-hydrogen) atoms. The number of carboxylic acids is 1. The van der Waals surface area contributed by atoms with E-state index in [9.17, 15) is 9.59 Å². The van der Waals surface area contributed by atoms with Crippen LogP contribution in [0.4, 0.5) is 0 Å². The fraction of sp³-hybridized carbons (Fsp3) is 0.636. The van der Waals surface area contributed by atoms with Gasteiger partial charge in [-0.3, -0.25) is 9.59 Å². The summed E-state index contributed by atoms with van der Waals surface area (Å²) in [5.74, 6) is 0.448. The fourth-order valence-electron chi connectivity index (χ4n) is 2.09. The van der Waals surface area contributed by atoms with E-state index in [2.05, 4.69) is 15.5 Å². The normalized spacial score (nSPS) is 15.2. The molecule has 0 saturated carbocycles. The Balaban J connectivity index is 1.93. The number of aryl methyl sites for hydroxylation is 1. The first-order chi connectivity index (χ1) is 8.58. The van der Waals surface area contributed by atoms with Gasteiger partial charge < -0.3 is 15.0 Å². The number of aromatic nitrogens is 3. The molecule has 2 rings (SSSR count). The van der Waals surface area contributed by atoms with Crippen molar-refractivity contribution in [2.45, 2.75) is 45.2 Å². The van der Waals surface area contributed by atoms with E-state index in [-0.39, 0.29) is 24.8 Å². The molecule has 98 valence electrons. The maximum atomic E-state index is 11.5. The molecule has 0 spiro atoms. The van der Waals surface area contributed by atoms with Crippen LogP contribution in [-0.2, 0) is 22.6 Å². The number of nitrogens with one attached hydrogen (secondary N) is 1. The maximum absolute atomic E-state index is 11.5. The second-order valence-corrected chi connectivity index (χ2v) is 4.41. The number of nitrogens with zero attached hydrogens (tertiary/aromatic N) is 3. The molecule has 7 nitrogen and oxygen atoms in total. The third kappa shape index (κ3) is 2.66. The van der Waals surface area contributed by atoms with Gasteiger partial charge in [-0.25, -0.2) is 0 Å². The second-order valence-electron chi connectivity index (χ2n) is 4.41. The predicted molar refractivity (Wildman–Crippen MR) is 61.8 cm³/mol. The van der Waals surface area contributed by atoms with E-state index in [4.69, 9.17) is 5.11 Å². The summed E-state index contributed by atoms with van der Waals surface area (Å²) in [6.07, 6.45) is 1.81. The highest BCUT2D eigenvalue weighted by atomic mass is 16.4. The second kappa shape index (κ2) is 5.16. The monoisotopic (exact) mass is 252 g/mol. The van der Waals surface area contributed by atoms with Gasteiger partial charge in [0.05, 0.1) is 12.5 Å². The van der Waals surface area contributed by atoms with Gasteiger partial charge in [0.15, 0.2) is 5.82 Å². The number of fused-ring (bicyclic) bond motifs is 1. The number of rotatable bonds is 5. The van der Waals surface area contributed by atoms with Crippen LogP contribution in [0.3, 0.4) is 0 Å². The molecule has 7 heteroatoms. The van der Waals surface area contributed by atoms with E-state index >= 15 is 0 Å². The van der Waals surface area contributed by atoms with Crippen molar-refractivity contribution in [3.63, 3.8) is 0 Å². The standard InChI is InChI=1S/C11H16N4O3/c1-7(12-9(16)4-5-10(17)18)11-14-13-8-3-2-6-15(8)11/h7H,2-6H2,1H3,(H,12,16)(H,17,18). The molecule has 0 radical (unpaired) electrons. The molecule has 0 aromatic carbocycles. The van der Waals surface area contributed by atoms with Crippen molar-refractivity contribution in [3.8, 4) is 0 Å². The van der Waals surface area contributed by atoms with Crippen LogP contribution >= 0.6 is 0 Å². The minimum atomic E-state index is -0.971. The molecule has 0 fully saturated rings. The highest BCUT2D eigenvalue weighted by molar-refractivity contribution is 5.80. The summed E-state index contributed by atoms with van der Waals surface area (Å²) in [6, 6.07) is -0.245. The first kappa shape index (κ1) is 12.5. The topological polar surface area (TPSA) is 97.1 Å². The highest BCUT2D eigenvalue weighted by Gasteiger charge is 2.22. The van der Waals surface area contributed by atoms with Crippen LogP contribution in [0.25, 0.3) is 0 Å². The van der Waals surface area contributed by atoms with E-state index in [0.717, 1.165) is 31.0 Å². The lowest BCUT2D eigenvalue weighted by Crippen LogP contribution is -2.28. The van der Waals surface area contributed by atoms with Crippen molar-refractivity contribution < 1.29 is 14.7 Å². The van der Waals surface area contributed by atoms with Crippen LogP contribution in [0.5, 0.6) is 0 Å². The Labute approximate surface area is 104 Å². The molecule has 1 amide bonds. The van der Waals surface area contributed by atoms with E-state index in [1.807, 2.05) is 11.5 Å². The summed E-state index contributed by atoms with van der Waals surface area (Å²) in [4.78, 5) is 21.9. The first-order valence-electron chi connectivity index (χ1n) is 6.01. The summed E-state index contributed by atoms with van der Waals surface area (Å²) < 4.78 is 2.02. The lowest BCUT2D eigenvalue weighted by Gasteiger charge is -2.13. The van der Waals surface area contributed by atoms with Crippen molar-refractivity contribution >= 4 is 11.9 Å². The minimum absolute atomic E-state index is 0.0132. The fourth-order valence-corrected chi connectivity index (χ4v) is 2.09. The Morgan fingerprint density at radius 1 is 1.44 bits per heavy atom. The zero-order chi connectivity index (χ0) is 13.1. The van der Waals surface area contributed by atoms with Crippen LogP contribution in [-0.4, -0.2) is 31.7 Å². The number of hydrogen-bond acceptors (Lipinski definition) is 4. The predicted octanol–water partition coefficient (Wildman–Crippen LogP) is 0.266. The van der Waals surface area contributed by atoms with Gasteiger partial charge in [0, 0.05) is 19.4 Å². The van der Waals surface area contributed by atoms with Crippen molar-refractivity contribution in [1.82, 2.24) is 20.1 Å².